The molecule has 1 aromatic rings. The molecule has 5 nitrogen and oxygen atoms in total. The van der Waals surface area contributed by atoms with E-state index in [1.165, 1.54) is 4.90 Å². The predicted octanol–water partition coefficient (Wildman–Crippen LogP) is 0.855. The van der Waals surface area contributed by atoms with E-state index in [1.54, 1.807) is 19.4 Å². The monoisotopic (exact) mass is 263 g/mol. The molecule has 0 unspecified atom stereocenters. The van der Waals surface area contributed by atoms with Gasteiger partial charge in [-0.05, 0) is 30.0 Å². The molecule has 0 aliphatic carbocycles. The molecule has 0 saturated heterocycles. The van der Waals surface area contributed by atoms with Gasteiger partial charge < -0.3 is 10.2 Å². The van der Waals surface area contributed by atoms with Crippen molar-refractivity contribution in [2.24, 2.45) is 5.92 Å². The Bertz CT molecular complexity index is 418. The molecule has 1 heterocycles. The molecule has 0 fully saturated rings. The number of likely N-dealkylation sites (N-methyl/N-ethyl adjacent to an activating group) is 1. The largest absolute Gasteiger partial charge is 0.348 e. The Kier molecular flexibility index (Phi) is 5.99. The number of hydrogen-bond acceptors (Lipinski definition) is 3. The second-order valence-corrected chi connectivity index (χ2v) is 4.94. The topological polar surface area (TPSA) is 62.3 Å². The van der Waals surface area contributed by atoms with Crippen LogP contribution in [0.15, 0.2) is 24.5 Å². The van der Waals surface area contributed by atoms with Crippen molar-refractivity contribution in [2.45, 2.75) is 20.3 Å². The van der Waals surface area contributed by atoms with E-state index >= 15 is 0 Å². The Hall–Kier alpha value is -1.91. The van der Waals surface area contributed by atoms with E-state index in [2.05, 4.69) is 10.3 Å². The van der Waals surface area contributed by atoms with Crippen LogP contribution < -0.4 is 5.32 Å². The number of hydrogen-bond donors (Lipinski definition) is 1. The van der Waals surface area contributed by atoms with Crippen LogP contribution >= 0.6 is 0 Å². The van der Waals surface area contributed by atoms with Crippen molar-refractivity contribution in [3.05, 3.63) is 30.1 Å². The highest BCUT2D eigenvalue weighted by Gasteiger charge is 2.18. The van der Waals surface area contributed by atoms with Crippen LogP contribution in [0.1, 0.15) is 19.4 Å². The highest BCUT2D eigenvalue weighted by Crippen LogP contribution is 1.99. The molecule has 0 aromatic carbocycles. The van der Waals surface area contributed by atoms with Crippen molar-refractivity contribution in [2.75, 3.05) is 20.1 Å². The van der Waals surface area contributed by atoms with Crippen molar-refractivity contribution in [1.29, 1.82) is 0 Å². The first-order valence-corrected chi connectivity index (χ1v) is 6.43. The van der Waals surface area contributed by atoms with Gasteiger partial charge in [-0.3, -0.25) is 14.6 Å². The minimum atomic E-state index is -0.536. The lowest BCUT2D eigenvalue weighted by Gasteiger charge is -2.17. The van der Waals surface area contributed by atoms with E-state index in [4.69, 9.17) is 0 Å². The number of carbonyl (C=O) groups excluding carboxylic acids is 2. The zero-order chi connectivity index (χ0) is 14.3. The van der Waals surface area contributed by atoms with E-state index in [9.17, 15) is 9.59 Å². The van der Waals surface area contributed by atoms with Crippen molar-refractivity contribution >= 4 is 11.8 Å². The van der Waals surface area contributed by atoms with Gasteiger partial charge in [0.25, 0.3) is 0 Å². The first-order valence-electron chi connectivity index (χ1n) is 6.43. The smallest absolute Gasteiger partial charge is 0.311 e. The normalized spacial score (nSPS) is 10.3. The third-order valence-corrected chi connectivity index (χ3v) is 2.70. The second-order valence-electron chi connectivity index (χ2n) is 4.94. The van der Waals surface area contributed by atoms with Crippen LogP contribution in [-0.2, 0) is 16.0 Å². The number of rotatable bonds is 5. The molecule has 1 rings (SSSR count). The van der Waals surface area contributed by atoms with Crippen LogP contribution in [0.2, 0.25) is 0 Å². The summed E-state index contributed by atoms with van der Waals surface area (Å²) in [5.74, 6) is -0.695. The van der Waals surface area contributed by atoms with E-state index in [0.717, 1.165) is 5.56 Å². The summed E-state index contributed by atoms with van der Waals surface area (Å²) in [6, 6.07) is 3.80. The van der Waals surface area contributed by atoms with Crippen molar-refractivity contribution in [3.63, 3.8) is 0 Å². The Morgan fingerprint density at radius 3 is 2.53 bits per heavy atom. The quantitative estimate of drug-likeness (QED) is 0.801. The molecule has 0 saturated carbocycles. The van der Waals surface area contributed by atoms with Gasteiger partial charge in [-0.2, -0.15) is 0 Å². The van der Waals surface area contributed by atoms with Crippen LogP contribution in [0, 0.1) is 5.92 Å². The number of amides is 2. The Morgan fingerprint density at radius 2 is 1.95 bits per heavy atom. The molecule has 0 bridgehead atoms. The Labute approximate surface area is 114 Å². The second kappa shape index (κ2) is 7.51. The lowest BCUT2D eigenvalue weighted by Crippen LogP contribution is -2.42. The molecule has 19 heavy (non-hydrogen) atoms. The summed E-state index contributed by atoms with van der Waals surface area (Å²) in [7, 11) is 1.64. The van der Waals surface area contributed by atoms with Crippen LogP contribution in [0.5, 0.6) is 0 Å². The molecule has 104 valence electrons. The van der Waals surface area contributed by atoms with Crippen molar-refractivity contribution < 1.29 is 9.59 Å². The summed E-state index contributed by atoms with van der Waals surface area (Å²) in [5, 5.41) is 2.62. The molecular weight excluding hydrogens is 242 g/mol. The van der Waals surface area contributed by atoms with Crippen molar-refractivity contribution in [1.82, 2.24) is 15.2 Å². The first kappa shape index (κ1) is 15.1. The summed E-state index contributed by atoms with van der Waals surface area (Å²) in [4.78, 5) is 28.7. The van der Waals surface area contributed by atoms with Gasteiger partial charge in [-0.1, -0.05) is 13.8 Å². The van der Waals surface area contributed by atoms with Gasteiger partial charge in [0, 0.05) is 32.5 Å². The molecule has 2 amide bonds. The third kappa shape index (κ3) is 5.50. The van der Waals surface area contributed by atoms with E-state index in [0.29, 0.717) is 25.4 Å². The number of pyridine rings is 1. The minimum Gasteiger partial charge on any atom is -0.348 e. The minimum absolute atomic E-state index is 0.332. The summed E-state index contributed by atoms with van der Waals surface area (Å²) in [6.07, 6.45) is 4.14. The zero-order valence-corrected chi connectivity index (χ0v) is 11.7. The van der Waals surface area contributed by atoms with Gasteiger partial charge in [0.05, 0.1) is 0 Å². The van der Waals surface area contributed by atoms with E-state index in [1.807, 2.05) is 26.0 Å². The van der Waals surface area contributed by atoms with Crippen LogP contribution in [0.4, 0.5) is 0 Å². The van der Waals surface area contributed by atoms with Crippen LogP contribution in [0.25, 0.3) is 0 Å². The lowest BCUT2D eigenvalue weighted by molar-refractivity contribution is -0.145. The first-order chi connectivity index (χ1) is 9.00. The fraction of sp³-hybridized carbons (Fsp3) is 0.500. The van der Waals surface area contributed by atoms with Gasteiger partial charge in [0.2, 0.25) is 0 Å². The summed E-state index contributed by atoms with van der Waals surface area (Å²) < 4.78 is 0. The maximum atomic E-state index is 11.8. The molecule has 5 heteroatoms. The predicted molar refractivity (Wildman–Crippen MR) is 73.4 cm³/mol. The van der Waals surface area contributed by atoms with Crippen LogP contribution in [0.3, 0.4) is 0 Å². The van der Waals surface area contributed by atoms with Crippen LogP contribution in [-0.4, -0.2) is 41.8 Å². The average Bonchev–Trinajstić information content (AvgIpc) is 2.42. The average molecular weight is 263 g/mol. The lowest BCUT2D eigenvalue weighted by atomic mass is 10.2. The fourth-order valence-electron chi connectivity index (χ4n) is 1.49. The molecule has 0 radical (unpaired) electrons. The Morgan fingerprint density at radius 1 is 1.32 bits per heavy atom. The number of aromatic nitrogens is 1. The van der Waals surface area contributed by atoms with Gasteiger partial charge in [0.1, 0.15) is 0 Å². The number of nitrogens with zero attached hydrogens (tertiary/aromatic N) is 2. The van der Waals surface area contributed by atoms with E-state index < -0.39 is 11.8 Å². The summed E-state index contributed by atoms with van der Waals surface area (Å²) >= 11 is 0. The van der Waals surface area contributed by atoms with Crippen molar-refractivity contribution in [3.8, 4) is 0 Å². The number of carbonyl (C=O) groups is 2. The Balaban J connectivity index is 2.38. The van der Waals surface area contributed by atoms with Gasteiger partial charge >= 0.3 is 11.8 Å². The molecule has 0 aliphatic heterocycles. The molecule has 1 N–H and O–H groups in total. The SMILES string of the molecule is CC(C)CNC(=O)C(=O)N(C)CCc1ccncc1. The molecule has 0 atom stereocenters. The highest BCUT2D eigenvalue weighted by molar-refractivity contribution is 6.34. The number of nitrogens with one attached hydrogen (secondary N) is 1. The van der Waals surface area contributed by atoms with Gasteiger partial charge in [-0.15, -0.1) is 0 Å². The molecule has 1 aromatic heterocycles. The third-order valence-electron chi connectivity index (χ3n) is 2.70. The summed E-state index contributed by atoms with van der Waals surface area (Å²) in [6.45, 7) is 5.00. The highest BCUT2D eigenvalue weighted by atomic mass is 16.2. The molecular formula is C14H21N3O2. The fourth-order valence-corrected chi connectivity index (χ4v) is 1.49. The van der Waals surface area contributed by atoms with Gasteiger partial charge in [-0.25, -0.2) is 0 Å². The maximum absolute atomic E-state index is 11.8. The summed E-state index contributed by atoms with van der Waals surface area (Å²) in [5.41, 5.74) is 1.09. The van der Waals surface area contributed by atoms with E-state index in [-0.39, 0.29) is 0 Å². The molecule has 0 aliphatic rings. The van der Waals surface area contributed by atoms with Gasteiger partial charge in [0.15, 0.2) is 0 Å². The zero-order valence-electron chi connectivity index (χ0n) is 11.7. The standard InChI is InChI=1S/C14H21N3O2/c1-11(2)10-16-13(18)14(19)17(3)9-6-12-4-7-15-8-5-12/h4-5,7-8,11H,6,9-10H2,1-3H3,(H,16,18). The molecule has 0 spiro atoms. The maximum Gasteiger partial charge on any atom is 0.311 e.